The molecule has 1 aromatic rings. The highest BCUT2D eigenvalue weighted by Gasteiger charge is 2.20. The van der Waals surface area contributed by atoms with Crippen LogP contribution < -0.4 is 0 Å². The van der Waals surface area contributed by atoms with Gasteiger partial charge in [0.15, 0.2) is 5.69 Å². The van der Waals surface area contributed by atoms with Crippen molar-refractivity contribution in [1.82, 2.24) is 4.98 Å². The summed E-state index contributed by atoms with van der Waals surface area (Å²) >= 11 is 1.22. The van der Waals surface area contributed by atoms with E-state index in [4.69, 9.17) is 10.4 Å². The van der Waals surface area contributed by atoms with Crippen molar-refractivity contribution >= 4 is 17.3 Å². The van der Waals surface area contributed by atoms with Crippen LogP contribution in [0, 0.1) is 17.2 Å². The first-order chi connectivity index (χ1) is 6.56. The number of nitrogens with zero attached hydrogens (tertiary/aromatic N) is 2. The average Bonchev–Trinajstić information content (AvgIpc) is 2.53. The number of carboxylic acid groups (broad SMARTS) is 1. The minimum atomic E-state index is -1.05. The van der Waals surface area contributed by atoms with Gasteiger partial charge in [0.05, 0.1) is 6.07 Å². The van der Waals surface area contributed by atoms with Crippen molar-refractivity contribution in [3.8, 4) is 6.07 Å². The highest BCUT2D eigenvalue weighted by atomic mass is 32.1. The zero-order chi connectivity index (χ0) is 10.7. The van der Waals surface area contributed by atoms with Crippen LogP contribution in [-0.4, -0.2) is 16.1 Å². The summed E-state index contributed by atoms with van der Waals surface area (Å²) in [4.78, 5) is 14.5. The fourth-order valence-electron chi connectivity index (χ4n) is 1.02. The molecule has 0 aromatic carbocycles. The Morgan fingerprint density at radius 3 is 2.71 bits per heavy atom. The Morgan fingerprint density at radius 2 is 2.36 bits per heavy atom. The van der Waals surface area contributed by atoms with E-state index in [1.165, 1.54) is 16.7 Å². The second-order valence-electron chi connectivity index (χ2n) is 3.23. The molecule has 5 heteroatoms. The Morgan fingerprint density at radius 1 is 1.71 bits per heavy atom. The van der Waals surface area contributed by atoms with Crippen LogP contribution >= 0.6 is 11.3 Å². The molecule has 74 valence electrons. The fraction of sp³-hybridized carbons (Fsp3) is 0.444. The Bertz CT molecular complexity index is 378. The molecule has 1 atom stereocenters. The van der Waals surface area contributed by atoms with Crippen LogP contribution in [0.5, 0.6) is 0 Å². The normalized spacial score (nSPS) is 12.4. The number of nitriles is 1. The molecule has 1 N–H and O–H groups in total. The van der Waals surface area contributed by atoms with Gasteiger partial charge in [-0.25, -0.2) is 9.78 Å². The van der Waals surface area contributed by atoms with E-state index in [2.05, 4.69) is 11.1 Å². The number of thiazole rings is 1. The van der Waals surface area contributed by atoms with Crippen LogP contribution in [0.4, 0.5) is 0 Å². The van der Waals surface area contributed by atoms with Crippen molar-refractivity contribution in [3.05, 3.63) is 16.1 Å². The van der Waals surface area contributed by atoms with Crippen molar-refractivity contribution in [1.29, 1.82) is 5.26 Å². The summed E-state index contributed by atoms with van der Waals surface area (Å²) in [6, 6.07) is 2.13. The van der Waals surface area contributed by atoms with Gasteiger partial charge >= 0.3 is 5.97 Å². The number of hydrogen-bond donors (Lipinski definition) is 1. The van der Waals surface area contributed by atoms with E-state index in [9.17, 15) is 4.79 Å². The Labute approximate surface area is 85.8 Å². The molecule has 0 amide bonds. The zero-order valence-electron chi connectivity index (χ0n) is 7.89. The predicted octanol–water partition coefficient (Wildman–Crippen LogP) is 2.10. The number of carbonyl (C=O) groups is 1. The summed E-state index contributed by atoms with van der Waals surface area (Å²) in [5, 5.41) is 19.6. The first-order valence-electron chi connectivity index (χ1n) is 4.14. The van der Waals surface area contributed by atoms with Gasteiger partial charge in [-0.3, -0.25) is 0 Å². The Kier molecular flexibility index (Phi) is 3.20. The van der Waals surface area contributed by atoms with Gasteiger partial charge in [0, 0.05) is 5.38 Å². The molecule has 0 aliphatic carbocycles. The van der Waals surface area contributed by atoms with E-state index in [-0.39, 0.29) is 17.5 Å². The van der Waals surface area contributed by atoms with Crippen LogP contribution in [0.25, 0.3) is 0 Å². The monoisotopic (exact) mass is 210 g/mol. The lowest BCUT2D eigenvalue weighted by Gasteiger charge is -2.08. The van der Waals surface area contributed by atoms with Gasteiger partial charge in [-0.1, -0.05) is 13.8 Å². The van der Waals surface area contributed by atoms with Crippen molar-refractivity contribution < 1.29 is 9.90 Å². The molecule has 0 spiro atoms. The van der Waals surface area contributed by atoms with E-state index in [0.29, 0.717) is 5.01 Å². The standard InChI is InChI=1S/C9H10N2O2S/c1-5(2)6(3-10)8-11-7(4-14-8)9(12)13/h4-6H,1-2H3,(H,12,13). The molecule has 1 rings (SSSR count). The summed E-state index contributed by atoms with van der Waals surface area (Å²) in [5.74, 6) is -1.21. The van der Waals surface area contributed by atoms with Gasteiger partial charge in [-0.05, 0) is 5.92 Å². The maximum absolute atomic E-state index is 10.6. The number of aromatic nitrogens is 1. The summed E-state index contributed by atoms with van der Waals surface area (Å²) in [6.07, 6.45) is 0. The van der Waals surface area contributed by atoms with Crippen LogP contribution in [0.2, 0.25) is 0 Å². The van der Waals surface area contributed by atoms with Crippen LogP contribution in [0.15, 0.2) is 5.38 Å². The molecule has 0 saturated heterocycles. The highest BCUT2D eigenvalue weighted by molar-refractivity contribution is 7.10. The molecule has 1 unspecified atom stereocenters. The number of hydrogen-bond acceptors (Lipinski definition) is 4. The highest BCUT2D eigenvalue weighted by Crippen LogP contribution is 2.26. The predicted molar refractivity (Wildman–Crippen MR) is 52.3 cm³/mol. The molecule has 0 radical (unpaired) electrons. The molecule has 4 nitrogen and oxygen atoms in total. The molecular formula is C9H10N2O2S. The van der Waals surface area contributed by atoms with Crippen molar-refractivity contribution in [3.63, 3.8) is 0 Å². The maximum atomic E-state index is 10.6. The first-order valence-corrected chi connectivity index (χ1v) is 5.02. The Balaban J connectivity index is 2.96. The summed E-state index contributed by atoms with van der Waals surface area (Å²) in [5.41, 5.74) is 0.0194. The molecule has 0 aliphatic rings. The van der Waals surface area contributed by atoms with Gasteiger partial charge in [-0.2, -0.15) is 5.26 Å². The zero-order valence-corrected chi connectivity index (χ0v) is 8.71. The molecule has 0 aliphatic heterocycles. The Hall–Kier alpha value is -1.41. The second-order valence-corrected chi connectivity index (χ2v) is 4.12. The van der Waals surface area contributed by atoms with E-state index in [1.807, 2.05) is 13.8 Å². The van der Waals surface area contributed by atoms with Crippen LogP contribution in [0.3, 0.4) is 0 Å². The third kappa shape index (κ3) is 2.09. The van der Waals surface area contributed by atoms with Gasteiger partial charge in [-0.15, -0.1) is 11.3 Å². The molecule has 0 fully saturated rings. The summed E-state index contributed by atoms with van der Waals surface area (Å²) in [7, 11) is 0. The van der Waals surface area contributed by atoms with Crippen LogP contribution in [-0.2, 0) is 0 Å². The van der Waals surface area contributed by atoms with Gasteiger partial charge in [0.25, 0.3) is 0 Å². The van der Waals surface area contributed by atoms with Crippen molar-refractivity contribution in [2.75, 3.05) is 0 Å². The molecule has 0 bridgehead atoms. The molecule has 1 heterocycles. The fourth-order valence-corrected chi connectivity index (χ4v) is 2.03. The minimum absolute atomic E-state index is 0.0194. The van der Waals surface area contributed by atoms with Gasteiger partial charge < -0.3 is 5.11 Å². The van der Waals surface area contributed by atoms with Gasteiger partial charge in [0.1, 0.15) is 10.9 Å². The molecule has 0 saturated carbocycles. The lowest BCUT2D eigenvalue weighted by atomic mass is 9.98. The molecule has 14 heavy (non-hydrogen) atoms. The number of aromatic carboxylic acids is 1. The van der Waals surface area contributed by atoms with Crippen molar-refractivity contribution in [2.24, 2.45) is 5.92 Å². The van der Waals surface area contributed by atoms with E-state index in [0.717, 1.165) is 0 Å². The second kappa shape index (κ2) is 4.20. The van der Waals surface area contributed by atoms with E-state index in [1.54, 1.807) is 0 Å². The lowest BCUT2D eigenvalue weighted by molar-refractivity contribution is 0.0691. The topological polar surface area (TPSA) is 74.0 Å². The van der Waals surface area contributed by atoms with Crippen molar-refractivity contribution in [2.45, 2.75) is 19.8 Å². The first kappa shape index (κ1) is 10.7. The summed E-state index contributed by atoms with van der Waals surface area (Å²) < 4.78 is 0. The third-order valence-corrected chi connectivity index (χ3v) is 2.74. The van der Waals surface area contributed by atoms with Gasteiger partial charge in [0.2, 0.25) is 0 Å². The smallest absolute Gasteiger partial charge is 0.355 e. The van der Waals surface area contributed by atoms with Crippen LogP contribution in [0.1, 0.15) is 35.3 Å². The van der Waals surface area contributed by atoms with E-state index < -0.39 is 5.97 Å². The SMILES string of the molecule is CC(C)C(C#N)c1nc(C(=O)O)cs1. The largest absolute Gasteiger partial charge is 0.476 e. The molecular weight excluding hydrogens is 200 g/mol. The molecule has 1 aromatic heterocycles. The van der Waals surface area contributed by atoms with E-state index >= 15 is 0 Å². The summed E-state index contributed by atoms with van der Waals surface area (Å²) in [6.45, 7) is 3.82. The maximum Gasteiger partial charge on any atom is 0.355 e. The minimum Gasteiger partial charge on any atom is -0.476 e. The average molecular weight is 210 g/mol. The lowest BCUT2D eigenvalue weighted by Crippen LogP contribution is -2.05. The third-order valence-electron chi connectivity index (χ3n) is 1.81. The number of rotatable bonds is 3. The quantitative estimate of drug-likeness (QED) is 0.829. The number of carboxylic acids is 1.